The minimum atomic E-state index is -0.220. The van der Waals surface area contributed by atoms with Crippen LogP contribution in [0.2, 0.25) is 0 Å². The van der Waals surface area contributed by atoms with Gasteiger partial charge in [-0.1, -0.05) is 53.8 Å². The first-order valence-corrected chi connectivity index (χ1v) is 8.71. The summed E-state index contributed by atoms with van der Waals surface area (Å²) in [7, 11) is 0. The molecule has 0 radical (unpaired) electrons. The highest BCUT2D eigenvalue weighted by Crippen LogP contribution is 2.20. The highest BCUT2D eigenvalue weighted by Gasteiger charge is 1.98. The molecule has 0 atom stereocenters. The monoisotopic (exact) mass is 340 g/mol. The van der Waals surface area contributed by atoms with Crippen LogP contribution in [0.25, 0.3) is 11.1 Å². The van der Waals surface area contributed by atoms with Crippen LogP contribution >= 0.6 is 0 Å². The molecule has 0 aliphatic heterocycles. The topological polar surface area (TPSA) is 0 Å². The molecule has 0 fully saturated rings. The lowest BCUT2D eigenvalue weighted by molar-refractivity contribution is 0.628. The lowest BCUT2D eigenvalue weighted by atomic mass is 10.0. The van der Waals surface area contributed by atoms with E-state index in [-0.39, 0.29) is 5.82 Å². The van der Waals surface area contributed by atoms with Gasteiger partial charge in [0.05, 0.1) is 0 Å². The van der Waals surface area contributed by atoms with E-state index in [0.717, 1.165) is 35.1 Å². The van der Waals surface area contributed by atoms with E-state index in [4.69, 9.17) is 0 Å². The van der Waals surface area contributed by atoms with Crippen molar-refractivity contribution in [3.05, 3.63) is 107 Å². The second-order valence-corrected chi connectivity index (χ2v) is 6.49. The summed E-state index contributed by atoms with van der Waals surface area (Å²) in [5, 5.41) is 0. The van der Waals surface area contributed by atoms with Crippen molar-refractivity contribution in [1.29, 1.82) is 0 Å². The first-order chi connectivity index (χ1) is 12.6. The lowest BCUT2D eigenvalue weighted by Gasteiger charge is -2.02. The summed E-state index contributed by atoms with van der Waals surface area (Å²) in [6.07, 6.45) is 2.04. The summed E-state index contributed by atoms with van der Waals surface area (Å²) in [5.74, 6) is 6.18. The number of halogens is 1. The van der Waals surface area contributed by atoms with E-state index < -0.39 is 0 Å². The van der Waals surface area contributed by atoms with Crippen molar-refractivity contribution in [1.82, 2.24) is 0 Å². The molecule has 0 bridgehead atoms. The van der Waals surface area contributed by atoms with Crippen molar-refractivity contribution >= 4 is 0 Å². The summed E-state index contributed by atoms with van der Waals surface area (Å²) in [6, 6.07) is 22.9. The van der Waals surface area contributed by atoms with E-state index in [9.17, 15) is 4.39 Å². The molecule has 0 heterocycles. The van der Waals surface area contributed by atoms with Gasteiger partial charge in [0.25, 0.3) is 0 Å². The predicted octanol–water partition coefficient (Wildman–Crippen LogP) is 6.40. The summed E-state index contributed by atoms with van der Waals surface area (Å²) in [4.78, 5) is 0. The van der Waals surface area contributed by atoms with Gasteiger partial charge < -0.3 is 0 Å². The third kappa shape index (κ3) is 4.94. The van der Waals surface area contributed by atoms with Crippen LogP contribution < -0.4 is 0 Å². The summed E-state index contributed by atoms with van der Waals surface area (Å²) >= 11 is 0. The van der Waals surface area contributed by atoms with E-state index in [1.54, 1.807) is 12.1 Å². The highest BCUT2D eigenvalue weighted by molar-refractivity contribution is 5.64. The number of rotatable bonds is 4. The van der Waals surface area contributed by atoms with Gasteiger partial charge in [0, 0.05) is 11.1 Å². The fourth-order valence-electron chi connectivity index (χ4n) is 2.65. The van der Waals surface area contributed by atoms with Gasteiger partial charge in [-0.15, -0.1) is 6.58 Å². The molecule has 0 N–H and O–H groups in total. The van der Waals surface area contributed by atoms with Crippen LogP contribution in [0.4, 0.5) is 4.39 Å². The fraction of sp³-hybridized carbons (Fsp3) is 0.120. The van der Waals surface area contributed by atoms with Gasteiger partial charge in [0.2, 0.25) is 0 Å². The molecule has 26 heavy (non-hydrogen) atoms. The zero-order chi connectivity index (χ0) is 18.4. The summed E-state index contributed by atoms with van der Waals surface area (Å²) in [6.45, 7) is 6.00. The smallest absolute Gasteiger partial charge is 0.123 e. The van der Waals surface area contributed by atoms with Gasteiger partial charge in [-0.05, 0) is 72.9 Å². The summed E-state index contributed by atoms with van der Waals surface area (Å²) < 4.78 is 13.0. The zero-order valence-corrected chi connectivity index (χ0v) is 14.9. The molecule has 3 rings (SSSR count). The molecule has 0 spiro atoms. The Kier molecular flexibility index (Phi) is 5.66. The molecule has 3 aromatic carbocycles. The van der Waals surface area contributed by atoms with Gasteiger partial charge >= 0.3 is 0 Å². The van der Waals surface area contributed by atoms with Crippen LogP contribution in [0.15, 0.2) is 84.9 Å². The van der Waals surface area contributed by atoms with Gasteiger partial charge in [0.15, 0.2) is 0 Å². The Morgan fingerprint density at radius 3 is 1.73 bits per heavy atom. The number of hydrogen-bond acceptors (Lipinski definition) is 0. The van der Waals surface area contributed by atoms with E-state index in [1.807, 2.05) is 24.3 Å². The Labute approximate surface area is 155 Å². The quantitative estimate of drug-likeness (QED) is 0.381. The van der Waals surface area contributed by atoms with Crippen molar-refractivity contribution in [3.63, 3.8) is 0 Å². The number of aryl methyl sites for hydroxylation is 1. The minimum absolute atomic E-state index is 0.220. The molecule has 3 aromatic rings. The van der Waals surface area contributed by atoms with E-state index in [0.29, 0.717) is 0 Å². The Bertz CT molecular complexity index is 934. The average molecular weight is 340 g/mol. The van der Waals surface area contributed by atoms with Gasteiger partial charge in [0.1, 0.15) is 5.82 Å². The molecular weight excluding hydrogens is 319 g/mol. The second-order valence-electron chi connectivity index (χ2n) is 6.49. The average Bonchev–Trinajstić information content (AvgIpc) is 2.66. The van der Waals surface area contributed by atoms with E-state index in [2.05, 4.69) is 49.6 Å². The molecular formula is C25H21F. The molecule has 1 heteroatoms. The van der Waals surface area contributed by atoms with Crippen LogP contribution in [0.3, 0.4) is 0 Å². The zero-order valence-electron chi connectivity index (χ0n) is 14.9. The fourth-order valence-corrected chi connectivity index (χ4v) is 2.65. The van der Waals surface area contributed by atoms with Crippen LogP contribution in [0.1, 0.15) is 30.0 Å². The maximum Gasteiger partial charge on any atom is 0.123 e. The minimum Gasteiger partial charge on any atom is -0.207 e. The number of benzene rings is 3. The van der Waals surface area contributed by atoms with Gasteiger partial charge in [-0.3, -0.25) is 0 Å². The highest BCUT2D eigenvalue weighted by atomic mass is 19.1. The van der Waals surface area contributed by atoms with Crippen molar-refractivity contribution < 1.29 is 4.39 Å². The first kappa shape index (κ1) is 17.7. The summed E-state index contributed by atoms with van der Waals surface area (Å²) in [5.41, 5.74) is 6.53. The molecule has 0 saturated carbocycles. The molecule has 0 nitrogen and oxygen atoms in total. The van der Waals surface area contributed by atoms with Gasteiger partial charge in [-0.25, -0.2) is 4.39 Å². The normalized spacial score (nSPS) is 10.1. The lowest BCUT2D eigenvalue weighted by Crippen LogP contribution is -1.86. The molecule has 0 aliphatic rings. The predicted molar refractivity (Wildman–Crippen MR) is 107 cm³/mol. The molecule has 0 amide bonds. The second kappa shape index (κ2) is 8.32. The van der Waals surface area contributed by atoms with Crippen molar-refractivity contribution in [2.45, 2.75) is 19.8 Å². The van der Waals surface area contributed by atoms with E-state index >= 15 is 0 Å². The van der Waals surface area contributed by atoms with Crippen LogP contribution in [-0.2, 0) is 6.42 Å². The number of allylic oxidation sites excluding steroid dienone is 1. The van der Waals surface area contributed by atoms with E-state index in [1.165, 1.54) is 23.3 Å². The Hall–Kier alpha value is -3.11. The third-order valence-electron chi connectivity index (χ3n) is 4.21. The van der Waals surface area contributed by atoms with Crippen LogP contribution in [-0.4, -0.2) is 0 Å². The van der Waals surface area contributed by atoms with Crippen LogP contribution in [0, 0.1) is 17.7 Å². The Balaban J connectivity index is 1.68. The Morgan fingerprint density at radius 1 is 0.769 bits per heavy atom. The first-order valence-electron chi connectivity index (χ1n) is 8.71. The molecule has 0 saturated heterocycles. The molecule has 0 unspecified atom stereocenters. The maximum absolute atomic E-state index is 13.0. The standard InChI is InChI=1S/C25H21F/c1-19(2)3-4-20-5-7-21(8-6-20)9-10-22-11-13-23(14-12-22)24-15-17-25(26)18-16-24/h5-8,11-18H,1,3-4H2,2H3. The molecule has 0 aliphatic carbocycles. The van der Waals surface area contributed by atoms with Crippen LogP contribution in [0.5, 0.6) is 0 Å². The molecule has 0 aromatic heterocycles. The van der Waals surface area contributed by atoms with Crippen molar-refractivity contribution in [2.75, 3.05) is 0 Å². The Morgan fingerprint density at radius 2 is 1.23 bits per heavy atom. The third-order valence-corrected chi connectivity index (χ3v) is 4.21. The van der Waals surface area contributed by atoms with Crippen molar-refractivity contribution in [3.8, 4) is 23.0 Å². The number of hydrogen-bond donors (Lipinski definition) is 0. The SMILES string of the molecule is C=C(C)CCc1ccc(C#Cc2ccc(-c3ccc(F)cc3)cc2)cc1. The molecule has 128 valence electrons. The van der Waals surface area contributed by atoms with Crippen molar-refractivity contribution in [2.24, 2.45) is 0 Å². The van der Waals surface area contributed by atoms with Gasteiger partial charge in [-0.2, -0.15) is 0 Å². The maximum atomic E-state index is 13.0. The largest absolute Gasteiger partial charge is 0.207 e.